The zero-order valence-electron chi connectivity index (χ0n) is 9.09. The summed E-state index contributed by atoms with van der Waals surface area (Å²) >= 11 is 0. The first-order valence-electron chi connectivity index (χ1n) is 5.16. The molecule has 0 atom stereocenters. The molecule has 2 aromatic carbocycles. The first kappa shape index (κ1) is 10.4. The molecule has 16 heavy (non-hydrogen) atoms. The number of benzene rings is 2. The van der Waals surface area contributed by atoms with E-state index in [4.69, 9.17) is 5.21 Å². The van der Waals surface area contributed by atoms with Crippen molar-refractivity contribution in [3.05, 3.63) is 71.3 Å². The van der Waals surface area contributed by atoms with Gasteiger partial charge in [0, 0.05) is 11.1 Å². The minimum Gasteiger partial charge on any atom is -0.410 e. The van der Waals surface area contributed by atoms with E-state index < -0.39 is 0 Å². The number of hydrogen-bond acceptors (Lipinski definition) is 2. The number of rotatable bonds is 2. The molecule has 80 valence electrons. The fourth-order valence-corrected chi connectivity index (χ4v) is 1.67. The maximum Gasteiger partial charge on any atom is 0.117 e. The summed E-state index contributed by atoms with van der Waals surface area (Å²) in [6.45, 7) is 2.02. The van der Waals surface area contributed by atoms with Crippen LogP contribution in [-0.4, -0.2) is 10.9 Å². The van der Waals surface area contributed by atoms with E-state index in [2.05, 4.69) is 5.16 Å². The predicted octanol–water partition coefficient (Wildman–Crippen LogP) is 3.22. The van der Waals surface area contributed by atoms with Crippen molar-refractivity contribution < 1.29 is 5.21 Å². The average Bonchev–Trinajstić information content (AvgIpc) is 2.31. The van der Waals surface area contributed by atoms with Gasteiger partial charge < -0.3 is 5.21 Å². The van der Waals surface area contributed by atoms with Gasteiger partial charge in [-0.3, -0.25) is 0 Å². The number of nitrogens with zero attached hydrogens (tertiary/aromatic N) is 1. The molecule has 0 aliphatic carbocycles. The lowest BCUT2D eigenvalue weighted by molar-refractivity contribution is 0.319. The van der Waals surface area contributed by atoms with E-state index in [0.717, 1.165) is 16.7 Å². The fourth-order valence-electron chi connectivity index (χ4n) is 1.67. The lowest BCUT2D eigenvalue weighted by Crippen LogP contribution is -2.03. The van der Waals surface area contributed by atoms with E-state index in [9.17, 15) is 0 Å². The van der Waals surface area contributed by atoms with Crippen LogP contribution in [0.1, 0.15) is 16.7 Å². The molecule has 1 N–H and O–H groups in total. The Balaban J connectivity index is 2.46. The van der Waals surface area contributed by atoms with Gasteiger partial charge in [0.1, 0.15) is 5.71 Å². The Labute approximate surface area is 94.9 Å². The van der Waals surface area contributed by atoms with Crippen LogP contribution >= 0.6 is 0 Å². The molecule has 0 spiro atoms. The molecule has 2 aromatic rings. The maximum atomic E-state index is 9.11. The zero-order valence-corrected chi connectivity index (χ0v) is 9.09. The lowest BCUT2D eigenvalue weighted by atomic mass is 10.0. The summed E-state index contributed by atoms with van der Waals surface area (Å²) in [5.74, 6) is 0. The Kier molecular flexibility index (Phi) is 3.01. The van der Waals surface area contributed by atoms with Crippen LogP contribution < -0.4 is 0 Å². The Bertz CT molecular complexity index is 503. The zero-order chi connectivity index (χ0) is 11.4. The quantitative estimate of drug-likeness (QED) is 0.461. The molecule has 2 heteroatoms. The van der Waals surface area contributed by atoms with Gasteiger partial charge in [-0.1, -0.05) is 59.3 Å². The van der Waals surface area contributed by atoms with E-state index in [1.165, 1.54) is 0 Å². The highest BCUT2D eigenvalue weighted by Gasteiger charge is 2.06. The molecule has 0 aliphatic rings. The van der Waals surface area contributed by atoms with Gasteiger partial charge in [0.05, 0.1) is 0 Å². The fraction of sp³-hybridized carbons (Fsp3) is 0.0714. The van der Waals surface area contributed by atoms with Gasteiger partial charge in [-0.05, 0) is 13.0 Å². The molecule has 2 rings (SSSR count). The monoisotopic (exact) mass is 211 g/mol. The molecule has 0 radical (unpaired) electrons. The van der Waals surface area contributed by atoms with Crippen molar-refractivity contribution >= 4 is 5.71 Å². The van der Waals surface area contributed by atoms with Crippen LogP contribution in [-0.2, 0) is 0 Å². The van der Waals surface area contributed by atoms with Crippen molar-refractivity contribution in [3.8, 4) is 0 Å². The molecule has 0 unspecified atom stereocenters. The van der Waals surface area contributed by atoms with Crippen molar-refractivity contribution in [2.24, 2.45) is 5.16 Å². The Morgan fingerprint density at radius 2 is 1.62 bits per heavy atom. The van der Waals surface area contributed by atoms with Gasteiger partial charge in [-0.2, -0.15) is 0 Å². The van der Waals surface area contributed by atoms with Crippen LogP contribution in [0.4, 0.5) is 0 Å². The average molecular weight is 211 g/mol. The Hall–Kier alpha value is -2.09. The van der Waals surface area contributed by atoms with Crippen molar-refractivity contribution in [1.29, 1.82) is 0 Å². The van der Waals surface area contributed by atoms with Crippen molar-refractivity contribution in [1.82, 2.24) is 0 Å². The summed E-state index contributed by atoms with van der Waals surface area (Å²) in [6, 6.07) is 17.6. The highest BCUT2D eigenvalue weighted by molar-refractivity contribution is 6.12. The summed E-state index contributed by atoms with van der Waals surface area (Å²) in [6.07, 6.45) is 0. The molecular weight excluding hydrogens is 198 g/mol. The largest absolute Gasteiger partial charge is 0.410 e. The SMILES string of the molecule is Cc1cccc(/C(=N/O)c2ccccc2)c1. The molecule has 0 saturated heterocycles. The normalized spacial score (nSPS) is 11.4. The molecule has 0 saturated carbocycles. The highest BCUT2D eigenvalue weighted by atomic mass is 16.4. The van der Waals surface area contributed by atoms with Crippen LogP contribution in [0.3, 0.4) is 0 Å². The molecule has 0 aliphatic heterocycles. The molecule has 0 heterocycles. The summed E-state index contributed by atoms with van der Waals surface area (Å²) in [7, 11) is 0. The van der Waals surface area contributed by atoms with Crippen LogP contribution in [0.15, 0.2) is 59.8 Å². The molecule has 0 amide bonds. The van der Waals surface area contributed by atoms with E-state index in [0.29, 0.717) is 5.71 Å². The van der Waals surface area contributed by atoms with Crippen LogP contribution in [0.5, 0.6) is 0 Å². The first-order chi connectivity index (χ1) is 7.81. The summed E-state index contributed by atoms with van der Waals surface area (Å²) in [5.41, 5.74) is 3.59. The Morgan fingerprint density at radius 1 is 0.938 bits per heavy atom. The van der Waals surface area contributed by atoms with Crippen LogP contribution in [0, 0.1) is 6.92 Å². The third-order valence-electron chi connectivity index (χ3n) is 2.44. The topological polar surface area (TPSA) is 32.6 Å². The van der Waals surface area contributed by atoms with Gasteiger partial charge in [0.15, 0.2) is 0 Å². The number of aryl methyl sites for hydroxylation is 1. The third-order valence-corrected chi connectivity index (χ3v) is 2.44. The van der Waals surface area contributed by atoms with E-state index >= 15 is 0 Å². The van der Waals surface area contributed by atoms with E-state index in [1.54, 1.807) is 0 Å². The van der Waals surface area contributed by atoms with E-state index in [1.807, 2.05) is 61.5 Å². The van der Waals surface area contributed by atoms with Gasteiger partial charge in [0.2, 0.25) is 0 Å². The molecule has 0 fully saturated rings. The molecular formula is C14H13NO. The highest BCUT2D eigenvalue weighted by Crippen LogP contribution is 2.12. The first-order valence-corrected chi connectivity index (χ1v) is 5.16. The van der Waals surface area contributed by atoms with Gasteiger partial charge in [-0.25, -0.2) is 0 Å². The van der Waals surface area contributed by atoms with E-state index in [-0.39, 0.29) is 0 Å². The third kappa shape index (κ3) is 2.11. The second-order valence-electron chi connectivity index (χ2n) is 3.68. The number of hydrogen-bond donors (Lipinski definition) is 1. The van der Waals surface area contributed by atoms with Crippen molar-refractivity contribution in [2.75, 3.05) is 0 Å². The second kappa shape index (κ2) is 4.62. The predicted molar refractivity (Wildman–Crippen MR) is 65.0 cm³/mol. The minimum absolute atomic E-state index is 0.601. The number of oxime groups is 1. The molecule has 0 bridgehead atoms. The molecule has 2 nitrogen and oxygen atoms in total. The standard InChI is InChI=1S/C14H13NO/c1-11-6-5-9-13(10-11)14(15-16)12-7-3-2-4-8-12/h2-10,16H,1H3/b15-14+. The lowest BCUT2D eigenvalue weighted by Gasteiger charge is -2.05. The van der Waals surface area contributed by atoms with Crippen molar-refractivity contribution in [2.45, 2.75) is 6.92 Å². The minimum atomic E-state index is 0.601. The van der Waals surface area contributed by atoms with Crippen LogP contribution in [0.25, 0.3) is 0 Å². The van der Waals surface area contributed by atoms with Crippen molar-refractivity contribution in [3.63, 3.8) is 0 Å². The summed E-state index contributed by atoms with van der Waals surface area (Å²) in [5, 5.41) is 12.5. The van der Waals surface area contributed by atoms with Gasteiger partial charge in [-0.15, -0.1) is 0 Å². The summed E-state index contributed by atoms with van der Waals surface area (Å²) in [4.78, 5) is 0. The maximum absolute atomic E-state index is 9.11. The van der Waals surface area contributed by atoms with Crippen LogP contribution in [0.2, 0.25) is 0 Å². The van der Waals surface area contributed by atoms with Gasteiger partial charge >= 0.3 is 0 Å². The Morgan fingerprint density at radius 3 is 2.25 bits per heavy atom. The van der Waals surface area contributed by atoms with Gasteiger partial charge in [0.25, 0.3) is 0 Å². The molecule has 0 aromatic heterocycles. The second-order valence-corrected chi connectivity index (χ2v) is 3.68. The summed E-state index contributed by atoms with van der Waals surface area (Å²) < 4.78 is 0. The smallest absolute Gasteiger partial charge is 0.117 e.